The topological polar surface area (TPSA) is 86.7 Å². The van der Waals surface area contributed by atoms with Crippen LogP contribution in [0.3, 0.4) is 0 Å². The van der Waals surface area contributed by atoms with Gasteiger partial charge in [0.15, 0.2) is 5.82 Å². The summed E-state index contributed by atoms with van der Waals surface area (Å²) in [5.74, 6) is 0.545. The molecule has 1 aromatic carbocycles. The first kappa shape index (κ1) is 21.5. The second-order valence-corrected chi connectivity index (χ2v) is 8.60. The van der Waals surface area contributed by atoms with Crippen molar-refractivity contribution < 1.29 is 0 Å². The van der Waals surface area contributed by atoms with Crippen molar-refractivity contribution in [3.63, 3.8) is 0 Å². The molecule has 0 bridgehead atoms. The maximum absolute atomic E-state index is 13.5. The molecule has 162 valence electrons. The van der Waals surface area contributed by atoms with Gasteiger partial charge in [0.25, 0.3) is 5.56 Å². The van der Waals surface area contributed by atoms with Crippen molar-refractivity contribution in [1.82, 2.24) is 29.2 Å². The zero-order valence-electron chi connectivity index (χ0n) is 17.0. The van der Waals surface area contributed by atoms with Crippen LogP contribution in [0.1, 0.15) is 24.7 Å². The molecule has 1 aliphatic rings. The van der Waals surface area contributed by atoms with Crippen molar-refractivity contribution in [2.24, 2.45) is 7.05 Å². The van der Waals surface area contributed by atoms with Crippen molar-refractivity contribution in [3.05, 3.63) is 69.4 Å². The fourth-order valence-electron chi connectivity index (χ4n) is 4.05. The number of hydrogen-bond donors (Lipinski definition) is 1. The molecular weight excluding hydrogens is 436 g/mol. The Balaban J connectivity index is 0.00000231. The molecule has 0 aliphatic carbocycles. The van der Waals surface area contributed by atoms with Crippen LogP contribution in [0.2, 0.25) is 0 Å². The minimum atomic E-state index is -0.288. The van der Waals surface area contributed by atoms with E-state index in [0.29, 0.717) is 16.0 Å². The smallest absolute Gasteiger partial charge is 0.317 e. The average Bonchev–Trinajstić information content (AvgIpc) is 3.39. The number of piperidine rings is 1. The third-order valence-corrected chi connectivity index (χ3v) is 6.69. The van der Waals surface area contributed by atoms with E-state index in [-0.39, 0.29) is 36.2 Å². The third kappa shape index (κ3) is 3.96. The fourth-order valence-corrected chi connectivity index (χ4v) is 5.15. The van der Waals surface area contributed by atoms with Gasteiger partial charge in [0.2, 0.25) is 0 Å². The Hall–Kier alpha value is -2.75. The van der Waals surface area contributed by atoms with Crippen LogP contribution in [0, 0.1) is 0 Å². The lowest BCUT2D eigenvalue weighted by Gasteiger charge is -2.24. The molecule has 4 heterocycles. The maximum Gasteiger partial charge on any atom is 0.332 e. The molecule has 0 radical (unpaired) electrons. The molecule has 5 rings (SSSR count). The summed E-state index contributed by atoms with van der Waals surface area (Å²) < 4.78 is 5.32. The molecule has 0 spiro atoms. The second-order valence-electron chi connectivity index (χ2n) is 7.55. The number of thiophene rings is 1. The van der Waals surface area contributed by atoms with E-state index in [0.717, 1.165) is 36.4 Å². The van der Waals surface area contributed by atoms with Crippen LogP contribution in [0.25, 0.3) is 20.7 Å². The quantitative estimate of drug-likeness (QED) is 0.507. The van der Waals surface area contributed by atoms with Gasteiger partial charge < -0.3 is 5.32 Å². The Bertz CT molecular complexity index is 1320. The van der Waals surface area contributed by atoms with Crippen LogP contribution in [-0.2, 0) is 13.6 Å². The highest BCUT2D eigenvalue weighted by Gasteiger charge is 2.24. The molecule has 3 aromatic heterocycles. The van der Waals surface area contributed by atoms with Crippen molar-refractivity contribution in [2.45, 2.75) is 25.4 Å². The number of nitrogens with one attached hydrogen (secondary N) is 1. The molecule has 0 amide bonds. The van der Waals surface area contributed by atoms with Gasteiger partial charge >= 0.3 is 5.69 Å². The highest BCUT2D eigenvalue weighted by Crippen LogP contribution is 2.31. The molecule has 0 unspecified atom stereocenters. The lowest BCUT2D eigenvalue weighted by molar-refractivity contribution is 0.346. The molecule has 0 saturated carbocycles. The van der Waals surface area contributed by atoms with E-state index in [1.807, 2.05) is 36.4 Å². The number of hydrogen-bond acceptors (Lipinski definition) is 6. The van der Waals surface area contributed by atoms with Gasteiger partial charge in [-0.3, -0.25) is 18.6 Å². The molecule has 1 saturated heterocycles. The molecule has 10 heteroatoms. The van der Waals surface area contributed by atoms with Crippen LogP contribution in [0.15, 0.2) is 52.3 Å². The van der Waals surface area contributed by atoms with Crippen molar-refractivity contribution in [3.8, 4) is 10.4 Å². The van der Waals surface area contributed by atoms with Crippen LogP contribution >= 0.6 is 23.7 Å². The van der Waals surface area contributed by atoms with Gasteiger partial charge in [0.05, 0.1) is 12.1 Å². The zero-order chi connectivity index (χ0) is 20.7. The van der Waals surface area contributed by atoms with E-state index >= 15 is 0 Å². The monoisotopic (exact) mass is 458 g/mol. The Labute approximate surface area is 188 Å². The van der Waals surface area contributed by atoms with Gasteiger partial charge in [-0.05, 0) is 37.6 Å². The fraction of sp³-hybridized carbons (Fsp3) is 0.333. The first-order valence-electron chi connectivity index (χ1n) is 10.0. The summed E-state index contributed by atoms with van der Waals surface area (Å²) >= 11 is 1.44. The number of aryl methyl sites for hydroxylation is 1. The molecule has 1 fully saturated rings. The second kappa shape index (κ2) is 8.78. The average molecular weight is 459 g/mol. The van der Waals surface area contributed by atoms with Crippen molar-refractivity contribution in [2.75, 3.05) is 13.1 Å². The first-order chi connectivity index (χ1) is 14.6. The van der Waals surface area contributed by atoms with Crippen LogP contribution in [0.4, 0.5) is 0 Å². The molecule has 1 N–H and O–H groups in total. The number of fused-ring (bicyclic) bond motifs is 1. The Morgan fingerprint density at radius 1 is 1.16 bits per heavy atom. The standard InChI is InChI=1S/C21H22N6O2S.ClH/c1-25-13-23-18(24-25)12-26-16-11-17(14-5-3-2-4-6-14)30-19(16)20(28)27(21(26)29)15-7-9-22-10-8-15;/h2-6,11,13,15,22H,7-10,12H2,1H3;1H. The van der Waals surface area contributed by atoms with Gasteiger partial charge in [0, 0.05) is 18.0 Å². The number of aromatic nitrogens is 5. The van der Waals surface area contributed by atoms with E-state index in [9.17, 15) is 9.59 Å². The van der Waals surface area contributed by atoms with Gasteiger partial charge in [-0.2, -0.15) is 5.10 Å². The molecule has 8 nitrogen and oxygen atoms in total. The Kier molecular flexibility index (Phi) is 6.08. The highest BCUT2D eigenvalue weighted by atomic mass is 35.5. The Morgan fingerprint density at radius 3 is 2.58 bits per heavy atom. The first-order valence-corrected chi connectivity index (χ1v) is 10.8. The van der Waals surface area contributed by atoms with E-state index in [4.69, 9.17) is 0 Å². The summed E-state index contributed by atoms with van der Waals surface area (Å²) in [7, 11) is 1.79. The largest absolute Gasteiger partial charge is 0.332 e. The molecule has 31 heavy (non-hydrogen) atoms. The summed E-state index contributed by atoms with van der Waals surface area (Å²) in [5.41, 5.74) is 1.19. The van der Waals surface area contributed by atoms with Crippen molar-refractivity contribution in [1.29, 1.82) is 0 Å². The normalized spacial score (nSPS) is 14.6. The van der Waals surface area contributed by atoms with Gasteiger partial charge in [0.1, 0.15) is 11.0 Å². The van der Waals surface area contributed by atoms with Crippen LogP contribution in [0.5, 0.6) is 0 Å². The van der Waals surface area contributed by atoms with E-state index in [1.165, 1.54) is 15.9 Å². The van der Waals surface area contributed by atoms with Crippen LogP contribution in [-0.4, -0.2) is 37.0 Å². The summed E-state index contributed by atoms with van der Waals surface area (Å²) in [5, 5.41) is 7.63. The van der Waals surface area contributed by atoms with E-state index in [2.05, 4.69) is 15.4 Å². The summed E-state index contributed by atoms with van der Waals surface area (Å²) in [6.07, 6.45) is 3.14. The predicted octanol–water partition coefficient (Wildman–Crippen LogP) is 2.41. The zero-order valence-corrected chi connectivity index (χ0v) is 18.7. The number of rotatable bonds is 4. The third-order valence-electron chi connectivity index (χ3n) is 5.53. The molecular formula is C21H23ClN6O2S. The van der Waals surface area contributed by atoms with Gasteiger partial charge in [-0.25, -0.2) is 9.78 Å². The van der Waals surface area contributed by atoms with Crippen molar-refractivity contribution >= 4 is 34.0 Å². The minimum Gasteiger partial charge on any atom is -0.317 e. The van der Waals surface area contributed by atoms with Gasteiger partial charge in [-0.15, -0.1) is 23.7 Å². The molecule has 0 atom stereocenters. The molecule has 1 aliphatic heterocycles. The summed E-state index contributed by atoms with van der Waals surface area (Å²) in [6, 6.07) is 11.8. The minimum absolute atomic E-state index is 0. The Morgan fingerprint density at radius 2 is 1.90 bits per heavy atom. The number of benzene rings is 1. The number of halogens is 1. The molecule has 4 aromatic rings. The predicted molar refractivity (Wildman–Crippen MR) is 124 cm³/mol. The highest BCUT2D eigenvalue weighted by molar-refractivity contribution is 7.22. The number of nitrogens with zero attached hydrogens (tertiary/aromatic N) is 5. The van der Waals surface area contributed by atoms with Crippen LogP contribution < -0.4 is 16.6 Å². The maximum atomic E-state index is 13.5. The lowest BCUT2D eigenvalue weighted by atomic mass is 10.1. The summed E-state index contributed by atoms with van der Waals surface area (Å²) in [4.78, 5) is 32.2. The van der Waals surface area contributed by atoms with E-state index in [1.54, 1.807) is 22.6 Å². The van der Waals surface area contributed by atoms with E-state index < -0.39 is 0 Å². The lowest BCUT2D eigenvalue weighted by Crippen LogP contribution is -2.45. The summed E-state index contributed by atoms with van der Waals surface area (Å²) in [6.45, 7) is 1.83. The van der Waals surface area contributed by atoms with Gasteiger partial charge in [-0.1, -0.05) is 30.3 Å². The SMILES string of the molecule is Cl.Cn1cnc(Cn2c(=O)n(C3CCNCC3)c(=O)c3sc(-c4ccccc4)cc32)n1.